The van der Waals surface area contributed by atoms with Gasteiger partial charge < -0.3 is 15.3 Å². The Morgan fingerprint density at radius 1 is 1.00 bits per heavy atom. The van der Waals surface area contributed by atoms with E-state index in [0.717, 1.165) is 43.9 Å². The average Bonchev–Trinajstić information content (AvgIpc) is 2.86. The number of aromatic carboxylic acids is 1. The highest BCUT2D eigenvalue weighted by Crippen LogP contribution is 2.28. The van der Waals surface area contributed by atoms with E-state index in [1.165, 1.54) is 11.6 Å². The summed E-state index contributed by atoms with van der Waals surface area (Å²) in [6.45, 7) is 9.22. The molecule has 0 atom stereocenters. The first-order valence-electron chi connectivity index (χ1n) is 12.1. The predicted molar refractivity (Wildman–Crippen MR) is 136 cm³/mol. The molecule has 1 fully saturated rings. The minimum atomic E-state index is -0.914. The van der Waals surface area contributed by atoms with Gasteiger partial charge in [0.15, 0.2) is 0 Å². The Hall–Kier alpha value is -3.29. The van der Waals surface area contributed by atoms with Gasteiger partial charge >= 0.3 is 5.97 Å². The molecule has 1 aliphatic rings. The number of carboxylic acid groups (broad SMARTS) is 1. The molecule has 35 heavy (non-hydrogen) atoms. The number of nitrogens with zero attached hydrogens (tertiary/aromatic N) is 3. The number of aromatic nitrogens is 1. The predicted octanol–water partition coefficient (Wildman–Crippen LogP) is 4.65. The number of carboxylic acids is 1. The molecule has 1 saturated heterocycles. The Morgan fingerprint density at radius 3 is 2.34 bits per heavy atom. The van der Waals surface area contributed by atoms with Crippen molar-refractivity contribution < 1.29 is 14.3 Å². The highest BCUT2D eigenvalue weighted by atomic mass is 19.1. The molecule has 184 valence electrons. The van der Waals surface area contributed by atoms with Gasteiger partial charge in [-0.15, -0.1) is 0 Å². The second-order valence-electron chi connectivity index (χ2n) is 9.33. The van der Waals surface area contributed by atoms with E-state index in [9.17, 15) is 14.3 Å². The minimum absolute atomic E-state index is 0.127. The minimum Gasteiger partial charge on any atom is -0.478 e. The number of hydrogen-bond acceptors (Lipinski definition) is 5. The van der Waals surface area contributed by atoms with E-state index in [0.29, 0.717) is 30.0 Å². The van der Waals surface area contributed by atoms with Gasteiger partial charge in [-0.25, -0.2) is 14.2 Å². The van der Waals surface area contributed by atoms with Crippen LogP contribution in [0.2, 0.25) is 0 Å². The summed E-state index contributed by atoms with van der Waals surface area (Å²) < 4.78 is 13.7. The molecule has 6 nitrogen and oxygen atoms in total. The van der Waals surface area contributed by atoms with Gasteiger partial charge in [-0.1, -0.05) is 56.3 Å². The van der Waals surface area contributed by atoms with Gasteiger partial charge in [0.2, 0.25) is 0 Å². The van der Waals surface area contributed by atoms with Crippen LogP contribution >= 0.6 is 0 Å². The van der Waals surface area contributed by atoms with Crippen molar-refractivity contribution in [2.45, 2.75) is 39.4 Å². The molecule has 0 bridgehead atoms. The van der Waals surface area contributed by atoms with Crippen LogP contribution in [0.4, 0.5) is 10.2 Å². The Bertz CT molecular complexity index is 1140. The Kier molecular flexibility index (Phi) is 8.10. The highest BCUT2D eigenvalue weighted by Gasteiger charge is 2.25. The number of piperazine rings is 1. The third-order valence-electron chi connectivity index (χ3n) is 6.50. The molecule has 1 aliphatic heterocycles. The third kappa shape index (κ3) is 6.24. The summed E-state index contributed by atoms with van der Waals surface area (Å²) in [5, 5.41) is 13.1. The molecule has 0 unspecified atom stereocenters. The second kappa shape index (κ2) is 11.4. The molecule has 0 radical (unpaired) electrons. The van der Waals surface area contributed by atoms with Crippen molar-refractivity contribution in [2.24, 2.45) is 0 Å². The van der Waals surface area contributed by atoms with Crippen molar-refractivity contribution in [3.8, 4) is 0 Å². The fraction of sp³-hybridized carbons (Fsp3) is 0.357. The molecule has 2 N–H and O–H groups in total. The highest BCUT2D eigenvalue weighted by molar-refractivity contribution is 5.95. The van der Waals surface area contributed by atoms with Crippen LogP contribution in [0.25, 0.3) is 0 Å². The van der Waals surface area contributed by atoms with Crippen LogP contribution < -0.4 is 10.2 Å². The second-order valence-corrected chi connectivity index (χ2v) is 9.33. The standard InChI is InChI=1S/C28H33FN4O2/c1-20(2)24-11-12-31-27(26(24)28(34)35)33-15-13-32(14-16-33)19-22-9-7-21(8-10-22)17-30-18-23-5-3-4-6-25(23)29/h3-12,20,30H,13-19H2,1-2H3,(H,34,35). The first-order valence-corrected chi connectivity index (χ1v) is 12.1. The number of pyridine rings is 1. The molecular weight excluding hydrogens is 443 g/mol. The van der Waals surface area contributed by atoms with E-state index in [4.69, 9.17) is 0 Å². The Labute approximate surface area is 206 Å². The van der Waals surface area contributed by atoms with Crippen molar-refractivity contribution in [2.75, 3.05) is 31.1 Å². The normalized spacial score (nSPS) is 14.5. The Morgan fingerprint density at radius 2 is 1.69 bits per heavy atom. The lowest BCUT2D eigenvalue weighted by Gasteiger charge is -2.36. The Balaban J connectivity index is 1.29. The topological polar surface area (TPSA) is 68.7 Å². The monoisotopic (exact) mass is 476 g/mol. The third-order valence-corrected chi connectivity index (χ3v) is 6.50. The van der Waals surface area contributed by atoms with E-state index in [1.807, 2.05) is 26.0 Å². The lowest BCUT2D eigenvalue weighted by Crippen LogP contribution is -2.46. The number of halogens is 1. The molecule has 2 heterocycles. The van der Waals surface area contributed by atoms with Crippen molar-refractivity contribution in [3.05, 3.63) is 94.4 Å². The smallest absolute Gasteiger partial charge is 0.339 e. The maximum absolute atomic E-state index is 13.7. The van der Waals surface area contributed by atoms with Gasteiger partial charge in [0.1, 0.15) is 17.2 Å². The number of benzene rings is 2. The summed E-state index contributed by atoms with van der Waals surface area (Å²) in [5.41, 5.74) is 4.23. The van der Waals surface area contributed by atoms with Gasteiger partial charge in [-0.3, -0.25) is 4.90 Å². The van der Waals surface area contributed by atoms with E-state index < -0.39 is 5.97 Å². The van der Waals surface area contributed by atoms with Crippen molar-refractivity contribution in [3.63, 3.8) is 0 Å². The fourth-order valence-corrected chi connectivity index (χ4v) is 4.53. The van der Waals surface area contributed by atoms with E-state index in [1.54, 1.807) is 18.3 Å². The van der Waals surface area contributed by atoms with Crippen molar-refractivity contribution in [1.29, 1.82) is 0 Å². The van der Waals surface area contributed by atoms with Crippen molar-refractivity contribution in [1.82, 2.24) is 15.2 Å². The van der Waals surface area contributed by atoms with Crippen LogP contribution in [-0.4, -0.2) is 47.1 Å². The summed E-state index contributed by atoms with van der Waals surface area (Å²) in [6, 6.07) is 17.1. The van der Waals surface area contributed by atoms with E-state index in [-0.39, 0.29) is 11.7 Å². The van der Waals surface area contributed by atoms with E-state index in [2.05, 4.69) is 44.4 Å². The first-order chi connectivity index (χ1) is 16.9. The summed E-state index contributed by atoms with van der Waals surface area (Å²) >= 11 is 0. The molecular formula is C28H33FN4O2. The SMILES string of the molecule is CC(C)c1ccnc(N2CCN(Cc3ccc(CNCc4ccccc4F)cc3)CC2)c1C(=O)O. The largest absolute Gasteiger partial charge is 0.478 e. The molecule has 0 saturated carbocycles. The van der Waals surface area contributed by atoms with Crippen LogP contribution in [0.15, 0.2) is 60.8 Å². The van der Waals surface area contributed by atoms with Gasteiger partial charge in [-0.2, -0.15) is 0 Å². The number of nitrogens with one attached hydrogen (secondary N) is 1. The summed E-state index contributed by atoms with van der Waals surface area (Å²) in [6.07, 6.45) is 1.72. The van der Waals surface area contributed by atoms with Crippen LogP contribution in [0, 0.1) is 5.82 Å². The first kappa shape index (κ1) is 24.8. The zero-order chi connectivity index (χ0) is 24.8. The quantitative estimate of drug-likeness (QED) is 0.468. The maximum atomic E-state index is 13.7. The number of anilines is 1. The van der Waals surface area contributed by atoms with Crippen LogP contribution in [-0.2, 0) is 19.6 Å². The number of carbonyl (C=O) groups is 1. The molecule has 0 spiro atoms. The van der Waals surface area contributed by atoms with E-state index >= 15 is 0 Å². The van der Waals surface area contributed by atoms with Gasteiger partial charge in [-0.05, 0) is 34.7 Å². The zero-order valence-corrected chi connectivity index (χ0v) is 20.4. The fourth-order valence-electron chi connectivity index (χ4n) is 4.53. The van der Waals surface area contributed by atoms with Crippen LogP contribution in [0.3, 0.4) is 0 Å². The molecule has 3 aromatic rings. The number of rotatable bonds is 9. The summed E-state index contributed by atoms with van der Waals surface area (Å²) in [4.78, 5) is 20.9. The number of hydrogen-bond donors (Lipinski definition) is 2. The van der Waals surface area contributed by atoms with Gasteiger partial charge in [0.05, 0.1) is 0 Å². The maximum Gasteiger partial charge on any atom is 0.339 e. The molecule has 0 amide bonds. The molecule has 7 heteroatoms. The molecule has 2 aromatic carbocycles. The van der Waals surface area contributed by atoms with Crippen LogP contribution in [0.5, 0.6) is 0 Å². The zero-order valence-electron chi connectivity index (χ0n) is 20.4. The molecule has 1 aromatic heterocycles. The van der Waals surface area contributed by atoms with Crippen molar-refractivity contribution >= 4 is 11.8 Å². The molecule has 4 rings (SSSR count). The van der Waals surface area contributed by atoms with Gasteiger partial charge in [0.25, 0.3) is 0 Å². The van der Waals surface area contributed by atoms with Crippen LogP contribution in [0.1, 0.15) is 52.4 Å². The summed E-state index contributed by atoms with van der Waals surface area (Å²) in [5.74, 6) is -0.391. The van der Waals surface area contributed by atoms with Gasteiger partial charge in [0, 0.05) is 57.6 Å². The summed E-state index contributed by atoms with van der Waals surface area (Å²) in [7, 11) is 0. The lowest BCUT2D eigenvalue weighted by atomic mass is 9.98. The average molecular weight is 477 g/mol. The lowest BCUT2D eigenvalue weighted by molar-refractivity contribution is 0.0695. The molecule has 0 aliphatic carbocycles.